The minimum atomic E-state index is -3.34. The van der Waals surface area contributed by atoms with Gasteiger partial charge < -0.3 is 0 Å². The van der Waals surface area contributed by atoms with Gasteiger partial charge in [-0.25, -0.2) is 8.42 Å². The maximum Gasteiger partial charge on any atom is 0.246 e. The zero-order valence-corrected chi connectivity index (χ0v) is 9.71. The first-order valence-corrected chi connectivity index (χ1v) is 6.49. The summed E-state index contributed by atoms with van der Waals surface area (Å²) in [5.74, 6) is 0. The van der Waals surface area contributed by atoms with Crippen LogP contribution in [0.1, 0.15) is 25.5 Å². The Morgan fingerprint density at radius 2 is 2.33 bits per heavy atom. The average Bonchev–Trinajstić information content (AvgIpc) is 2.73. The number of nitrogens with one attached hydrogen (secondary N) is 1. The van der Waals surface area contributed by atoms with E-state index in [0.29, 0.717) is 17.1 Å². The van der Waals surface area contributed by atoms with Gasteiger partial charge in [0.15, 0.2) is 0 Å². The van der Waals surface area contributed by atoms with Crippen LogP contribution in [0.25, 0.3) is 0 Å². The van der Waals surface area contributed by atoms with Crippen molar-refractivity contribution in [3.8, 4) is 0 Å². The van der Waals surface area contributed by atoms with Crippen molar-refractivity contribution in [1.29, 1.82) is 0 Å². The van der Waals surface area contributed by atoms with Crippen molar-refractivity contribution in [2.24, 2.45) is 0 Å². The molecule has 1 N–H and O–H groups in total. The minimum absolute atomic E-state index is 0.101. The largest absolute Gasteiger partial charge is 0.281 e. The maximum absolute atomic E-state index is 12.2. The summed E-state index contributed by atoms with van der Waals surface area (Å²) in [7, 11) is -3.34. The fraction of sp³-hybridized carbons (Fsp3) is 0.667. The van der Waals surface area contributed by atoms with E-state index >= 15 is 0 Å². The standard InChI is InChI=1S/C9H15N3O2S/c1-7-4-3-5-12(7)15(13,14)9-6-10-11-8(9)2/h6-7H,3-5H2,1-2H3,(H,10,11). The highest BCUT2D eigenvalue weighted by Crippen LogP contribution is 2.26. The molecule has 2 heterocycles. The highest BCUT2D eigenvalue weighted by atomic mass is 32.2. The minimum Gasteiger partial charge on any atom is -0.281 e. The molecule has 1 atom stereocenters. The Labute approximate surface area is 89.5 Å². The zero-order valence-electron chi connectivity index (χ0n) is 8.90. The predicted octanol–water partition coefficient (Wildman–Crippen LogP) is 0.891. The summed E-state index contributed by atoms with van der Waals surface area (Å²) < 4.78 is 25.9. The average molecular weight is 229 g/mol. The molecule has 1 aromatic heterocycles. The number of hydrogen-bond acceptors (Lipinski definition) is 3. The second-order valence-electron chi connectivity index (χ2n) is 3.97. The van der Waals surface area contributed by atoms with Crippen LogP contribution in [0.3, 0.4) is 0 Å². The van der Waals surface area contributed by atoms with Crippen molar-refractivity contribution in [2.75, 3.05) is 6.54 Å². The molecule has 1 saturated heterocycles. The topological polar surface area (TPSA) is 66.1 Å². The molecule has 84 valence electrons. The molecule has 0 aliphatic carbocycles. The van der Waals surface area contributed by atoms with Crippen molar-refractivity contribution in [3.63, 3.8) is 0 Å². The molecule has 1 aliphatic heterocycles. The van der Waals surface area contributed by atoms with E-state index in [2.05, 4.69) is 10.2 Å². The Bertz CT molecular complexity index is 452. The van der Waals surface area contributed by atoms with E-state index in [9.17, 15) is 8.42 Å². The normalized spacial score (nSPS) is 23.5. The fourth-order valence-electron chi connectivity index (χ4n) is 1.99. The summed E-state index contributed by atoms with van der Waals surface area (Å²) >= 11 is 0. The first-order valence-electron chi connectivity index (χ1n) is 5.05. The molecule has 0 amide bonds. The fourth-order valence-corrected chi connectivity index (χ4v) is 3.81. The quantitative estimate of drug-likeness (QED) is 0.819. The highest BCUT2D eigenvalue weighted by molar-refractivity contribution is 7.89. The number of rotatable bonds is 2. The lowest BCUT2D eigenvalue weighted by molar-refractivity contribution is 0.408. The number of sulfonamides is 1. The second kappa shape index (κ2) is 3.61. The van der Waals surface area contributed by atoms with Gasteiger partial charge in [-0.15, -0.1) is 0 Å². The van der Waals surface area contributed by atoms with E-state index in [1.165, 1.54) is 6.20 Å². The summed E-state index contributed by atoms with van der Waals surface area (Å²) in [6, 6.07) is 0.101. The van der Waals surface area contributed by atoms with E-state index in [0.717, 1.165) is 12.8 Å². The maximum atomic E-state index is 12.2. The number of nitrogens with zero attached hydrogens (tertiary/aromatic N) is 2. The van der Waals surface area contributed by atoms with Gasteiger partial charge in [0.05, 0.1) is 11.9 Å². The molecular weight excluding hydrogens is 214 g/mol. The van der Waals surface area contributed by atoms with Crippen LogP contribution in [0, 0.1) is 6.92 Å². The Morgan fingerprint density at radius 1 is 1.60 bits per heavy atom. The molecular formula is C9H15N3O2S. The summed E-state index contributed by atoms with van der Waals surface area (Å²) in [5.41, 5.74) is 0.606. The van der Waals surface area contributed by atoms with E-state index in [-0.39, 0.29) is 6.04 Å². The number of hydrogen-bond donors (Lipinski definition) is 1. The Hall–Kier alpha value is -0.880. The van der Waals surface area contributed by atoms with Gasteiger partial charge in [-0.05, 0) is 26.7 Å². The molecule has 2 rings (SSSR count). The molecule has 0 radical (unpaired) electrons. The number of H-pyrrole nitrogens is 1. The summed E-state index contributed by atoms with van der Waals surface area (Å²) in [6.07, 6.45) is 3.27. The van der Waals surface area contributed by atoms with Gasteiger partial charge in [0, 0.05) is 12.6 Å². The molecule has 1 aromatic rings. The predicted molar refractivity (Wildman–Crippen MR) is 55.9 cm³/mol. The van der Waals surface area contributed by atoms with Crippen LogP contribution >= 0.6 is 0 Å². The first-order chi connectivity index (χ1) is 7.03. The van der Waals surface area contributed by atoms with Crippen LogP contribution in [-0.2, 0) is 10.0 Å². The second-order valence-corrected chi connectivity index (χ2v) is 5.83. The van der Waals surface area contributed by atoms with Gasteiger partial charge in [0.25, 0.3) is 0 Å². The van der Waals surface area contributed by atoms with E-state index in [4.69, 9.17) is 0 Å². The highest BCUT2D eigenvalue weighted by Gasteiger charge is 2.34. The van der Waals surface area contributed by atoms with Crippen LogP contribution in [0.15, 0.2) is 11.1 Å². The number of aryl methyl sites for hydroxylation is 1. The molecule has 1 unspecified atom stereocenters. The number of aromatic amines is 1. The molecule has 0 spiro atoms. The molecule has 15 heavy (non-hydrogen) atoms. The van der Waals surface area contributed by atoms with E-state index < -0.39 is 10.0 Å². The van der Waals surface area contributed by atoms with Gasteiger partial charge in [0.1, 0.15) is 4.90 Å². The molecule has 0 saturated carbocycles. The molecule has 5 nitrogen and oxygen atoms in total. The van der Waals surface area contributed by atoms with Gasteiger partial charge in [-0.1, -0.05) is 0 Å². The lowest BCUT2D eigenvalue weighted by atomic mass is 10.3. The third kappa shape index (κ3) is 1.68. The third-order valence-electron chi connectivity index (χ3n) is 2.86. The van der Waals surface area contributed by atoms with Gasteiger partial charge >= 0.3 is 0 Å². The van der Waals surface area contributed by atoms with E-state index in [1.807, 2.05) is 6.92 Å². The SMILES string of the molecule is Cc1[nH]ncc1S(=O)(=O)N1CCCC1C. The molecule has 6 heteroatoms. The molecule has 0 bridgehead atoms. The van der Waals surface area contributed by atoms with Crippen LogP contribution in [0.4, 0.5) is 0 Å². The Kier molecular flexibility index (Phi) is 2.56. The molecule has 1 aliphatic rings. The lowest BCUT2D eigenvalue weighted by Crippen LogP contribution is -2.33. The van der Waals surface area contributed by atoms with Crippen molar-refractivity contribution in [1.82, 2.24) is 14.5 Å². The van der Waals surface area contributed by atoms with Gasteiger partial charge in [0.2, 0.25) is 10.0 Å². The summed E-state index contributed by atoms with van der Waals surface area (Å²) in [6.45, 7) is 4.29. The summed E-state index contributed by atoms with van der Waals surface area (Å²) in [5, 5.41) is 6.41. The van der Waals surface area contributed by atoms with Crippen molar-refractivity contribution in [2.45, 2.75) is 37.6 Å². The third-order valence-corrected chi connectivity index (χ3v) is 4.99. The summed E-state index contributed by atoms with van der Waals surface area (Å²) in [4.78, 5) is 0.302. The lowest BCUT2D eigenvalue weighted by Gasteiger charge is -2.20. The Balaban J connectivity index is 2.39. The first kappa shape index (κ1) is 10.6. The smallest absolute Gasteiger partial charge is 0.246 e. The zero-order chi connectivity index (χ0) is 11.1. The van der Waals surface area contributed by atoms with Crippen LogP contribution in [-0.4, -0.2) is 35.5 Å². The van der Waals surface area contributed by atoms with Gasteiger partial charge in [-0.3, -0.25) is 5.10 Å². The van der Waals surface area contributed by atoms with Gasteiger partial charge in [-0.2, -0.15) is 9.40 Å². The Morgan fingerprint density at radius 3 is 2.80 bits per heavy atom. The van der Waals surface area contributed by atoms with Crippen LogP contribution in [0.2, 0.25) is 0 Å². The van der Waals surface area contributed by atoms with Crippen molar-refractivity contribution >= 4 is 10.0 Å². The number of aromatic nitrogens is 2. The van der Waals surface area contributed by atoms with Crippen molar-refractivity contribution < 1.29 is 8.42 Å². The van der Waals surface area contributed by atoms with Crippen LogP contribution < -0.4 is 0 Å². The van der Waals surface area contributed by atoms with Crippen LogP contribution in [0.5, 0.6) is 0 Å². The molecule has 0 aromatic carbocycles. The monoisotopic (exact) mass is 229 g/mol. The van der Waals surface area contributed by atoms with E-state index in [1.54, 1.807) is 11.2 Å². The van der Waals surface area contributed by atoms with Crippen molar-refractivity contribution in [3.05, 3.63) is 11.9 Å². The molecule has 1 fully saturated rings.